The second-order valence-electron chi connectivity index (χ2n) is 8.59. The maximum absolute atomic E-state index is 12.8. The zero-order valence-corrected chi connectivity index (χ0v) is 19.8. The number of anilines is 1. The van der Waals surface area contributed by atoms with E-state index in [1.807, 2.05) is 30.3 Å². The van der Waals surface area contributed by atoms with Crippen LogP contribution in [0, 0.1) is 16.0 Å². The molecule has 1 unspecified atom stereocenters. The average Bonchev–Trinajstić information content (AvgIpc) is 3.26. The lowest BCUT2D eigenvalue weighted by atomic mass is 10.1. The summed E-state index contributed by atoms with van der Waals surface area (Å²) in [7, 11) is 0. The van der Waals surface area contributed by atoms with Gasteiger partial charge < -0.3 is 15.1 Å². The molecule has 184 valence electrons. The van der Waals surface area contributed by atoms with Crippen LogP contribution in [0.4, 0.5) is 11.4 Å². The molecule has 2 aromatic carbocycles. The molecule has 0 saturated carbocycles. The minimum absolute atomic E-state index is 0.0546. The van der Waals surface area contributed by atoms with Crippen LogP contribution in [0.1, 0.15) is 16.8 Å². The predicted octanol–water partition coefficient (Wildman–Crippen LogP) is 2.18. The first-order chi connectivity index (χ1) is 16.8. The molecular formula is C24H26ClN5O5. The standard InChI is InChI=1S/C24H26ClN5O5/c25-21-7-6-19(30(34)35)15-20(21)24(33)28-12-10-27(11-13-28)9-8-26-23(32)17-14-22(31)29(16-17)18-4-2-1-3-5-18/h1-7,15,17H,8-14,16H2,(H,26,32). The van der Waals surface area contributed by atoms with Gasteiger partial charge in [0, 0.05) is 70.1 Å². The van der Waals surface area contributed by atoms with E-state index in [4.69, 9.17) is 11.6 Å². The molecule has 0 spiro atoms. The van der Waals surface area contributed by atoms with Crippen molar-refractivity contribution in [2.24, 2.45) is 5.92 Å². The number of carbonyl (C=O) groups is 3. The molecule has 1 N–H and O–H groups in total. The number of nitro groups is 1. The van der Waals surface area contributed by atoms with E-state index in [0.717, 1.165) is 5.69 Å². The van der Waals surface area contributed by atoms with Crippen LogP contribution in [0.2, 0.25) is 5.02 Å². The number of amides is 3. The Morgan fingerprint density at radius 3 is 2.49 bits per heavy atom. The number of benzene rings is 2. The summed E-state index contributed by atoms with van der Waals surface area (Å²) in [5.41, 5.74) is 0.742. The number of halogens is 1. The van der Waals surface area contributed by atoms with Gasteiger partial charge in [0.1, 0.15) is 0 Å². The van der Waals surface area contributed by atoms with E-state index in [9.17, 15) is 24.5 Å². The largest absolute Gasteiger partial charge is 0.355 e. The highest BCUT2D eigenvalue weighted by atomic mass is 35.5. The highest BCUT2D eigenvalue weighted by Gasteiger charge is 2.35. The molecule has 2 saturated heterocycles. The SMILES string of the molecule is O=C(NCCN1CCN(C(=O)c2cc([N+](=O)[O-])ccc2Cl)CC1)C1CC(=O)N(c2ccccc2)C1. The fourth-order valence-electron chi connectivity index (χ4n) is 4.36. The second-order valence-corrected chi connectivity index (χ2v) is 8.99. The maximum Gasteiger partial charge on any atom is 0.270 e. The van der Waals surface area contributed by atoms with Crippen molar-refractivity contribution in [1.29, 1.82) is 0 Å². The molecule has 2 aromatic rings. The number of para-hydroxylation sites is 1. The highest BCUT2D eigenvalue weighted by molar-refractivity contribution is 6.33. The minimum Gasteiger partial charge on any atom is -0.355 e. The summed E-state index contributed by atoms with van der Waals surface area (Å²) in [5, 5.41) is 14.1. The lowest BCUT2D eigenvalue weighted by Crippen LogP contribution is -2.50. The number of nitrogens with zero attached hydrogens (tertiary/aromatic N) is 4. The summed E-state index contributed by atoms with van der Waals surface area (Å²) in [6.45, 7) is 3.56. The summed E-state index contributed by atoms with van der Waals surface area (Å²) in [5.74, 6) is -0.899. The van der Waals surface area contributed by atoms with Crippen LogP contribution in [-0.4, -0.2) is 78.3 Å². The maximum atomic E-state index is 12.8. The van der Waals surface area contributed by atoms with Gasteiger partial charge in [0.05, 0.1) is 21.4 Å². The third-order valence-corrected chi connectivity index (χ3v) is 6.67. The zero-order valence-electron chi connectivity index (χ0n) is 19.1. The first kappa shape index (κ1) is 24.6. The van der Waals surface area contributed by atoms with Gasteiger partial charge in [-0.15, -0.1) is 0 Å². The molecule has 0 bridgehead atoms. The van der Waals surface area contributed by atoms with Gasteiger partial charge in [-0.05, 0) is 18.2 Å². The minimum atomic E-state index is -0.556. The van der Waals surface area contributed by atoms with E-state index in [1.54, 1.807) is 9.80 Å². The van der Waals surface area contributed by atoms with Gasteiger partial charge in [0.2, 0.25) is 11.8 Å². The third-order valence-electron chi connectivity index (χ3n) is 6.34. The fourth-order valence-corrected chi connectivity index (χ4v) is 4.56. The van der Waals surface area contributed by atoms with Gasteiger partial charge in [-0.2, -0.15) is 0 Å². The Bertz CT molecular complexity index is 1120. The van der Waals surface area contributed by atoms with E-state index < -0.39 is 4.92 Å². The van der Waals surface area contributed by atoms with Crippen molar-refractivity contribution < 1.29 is 19.3 Å². The Hall–Kier alpha value is -3.50. The zero-order chi connectivity index (χ0) is 24.9. The van der Waals surface area contributed by atoms with E-state index in [1.165, 1.54) is 18.2 Å². The third kappa shape index (κ3) is 5.77. The molecule has 2 heterocycles. The Morgan fingerprint density at radius 2 is 1.80 bits per heavy atom. The van der Waals surface area contributed by atoms with Crippen LogP contribution in [-0.2, 0) is 9.59 Å². The molecule has 2 fully saturated rings. The van der Waals surface area contributed by atoms with Crippen molar-refractivity contribution >= 4 is 40.7 Å². The number of nitro benzene ring substituents is 1. The van der Waals surface area contributed by atoms with Gasteiger partial charge in [0.25, 0.3) is 11.6 Å². The topological polar surface area (TPSA) is 116 Å². The lowest BCUT2D eigenvalue weighted by Gasteiger charge is -2.35. The first-order valence-corrected chi connectivity index (χ1v) is 11.8. The summed E-state index contributed by atoms with van der Waals surface area (Å²) in [6, 6.07) is 13.2. The van der Waals surface area contributed by atoms with E-state index in [0.29, 0.717) is 45.8 Å². The van der Waals surface area contributed by atoms with Crippen LogP contribution >= 0.6 is 11.6 Å². The Morgan fingerprint density at radius 1 is 1.09 bits per heavy atom. The van der Waals surface area contributed by atoms with Gasteiger partial charge >= 0.3 is 0 Å². The summed E-state index contributed by atoms with van der Waals surface area (Å²) < 4.78 is 0. The molecule has 10 nitrogen and oxygen atoms in total. The van der Waals surface area contributed by atoms with Crippen molar-refractivity contribution in [3.05, 3.63) is 69.2 Å². The number of piperazine rings is 1. The fraction of sp³-hybridized carbons (Fsp3) is 0.375. The second kappa shape index (κ2) is 10.8. The number of hydrogen-bond donors (Lipinski definition) is 1. The highest BCUT2D eigenvalue weighted by Crippen LogP contribution is 2.25. The molecule has 2 aliphatic heterocycles. The Balaban J connectivity index is 1.21. The van der Waals surface area contributed by atoms with Crippen LogP contribution in [0.25, 0.3) is 0 Å². The number of rotatable bonds is 7. The Kier molecular flexibility index (Phi) is 7.62. The van der Waals surface area contributed by atoms with Crippen LogP contribution in [0.15, 0.2) is 48.5 Å². The van der Waals surface area contributed by atoms with Crippen molar-refractivity contribution in [1.82, 2.24) is 15.1 Å². The molecule has 1 atom stereocenters. The molecule has 2 aliphatic rings. The lowest BCUT2D eigenvalue weighted by molar-refractivity contribution is -0.384. The monoisotopic (exact) mass is 499 g/mol. The molecule has 0 aliphatic carbocycles. The Labute approximate surface area is 207 Å². The van der Waals surface area contributed by atoms with Crippen LogP contribution in [0.3, 0.4) is 0 Å². The number of carbonyl (C=O) groups excluding carboxylic acids is 3. The number of hydrogen-bond acceptors (Lipinski definition) is 6. The van der Waals surface area contributed by atoms with Gasteiger partial charge in [-0.25, -0.2) is 0 Å². The summed E-state index contributed by atoms with van der Waals surface area (Å²) >= 11 is 6.10. The molecule has 4 rings (SSSR count). The quantitative estimate of drug-likeness (QED) is 0.461. The van der Waals surface area contributed by atoms with Crippen LogP contribution < -0.4 is 10.2 Å². The number of nitrogens with one attached hydrogen (secondary N) is 1. The molecule has 35 heavy (non-hydrogen) atoms. The predicted molar refractivity (Wildman–Crippen MR) is 130 cm³/mol. The van der Waals surface area contributed by atoms with Crippen molar-refractivity contribution in [2.75, 3.05) is 50.7 Å². The molecular weight excluding hydrogens is 474 g/mol. The van der Waals surface area contributed by atoms with Crippen molar-refractivity contribution in [3.63, 3.8) is 0 Å². The van der Waals surface area contributed by atoms with Gasteiger partial charge in [-0.3, -0.25) is 29.4 Å². The van der Waals surface area contributed by atoms with E-state index in [2.05, 4.69) is 10.2 Å². The van der Waals surface area contributed by atoms with Gasteiger partial charge in [0.15, 0.2) is 0 Å². The summed E-state index contributed by atoms with van der Waals surface area (Å²) in [6.07, 6.45) is 0.196. The molecule has 0 aromatic heterocycles. The smallest absolute Gasteiger partial charge is 0.270 e. The molecule has 11 heteroatoms. The van der Waals surface area contributed by atoms with E-state index in [-0.39, 0.29) is 46.3 Å². The molecule has 0 radical (unpaired) electrons. The van der Waals surface area contributed by atoms with Crippen molar-refractivity contribution in [3.8, 4) is 0 Å². The average molecular weight is 500 g/mol. The van der Waals surface area contributed by atoms with Gasteiger partial charge in [-0.1, -0.05) is 29.8 Å². The normalized spacial score (nSPS) is 18.5. The van der Waals surface area contributed by atoms with E-state index >= 15 is 0 Å². The van der Waals surface area contributed by atoms with Crippen molar-refractivity contribution in [2.45, 2.75) is 6.42 Å². The van der Waals surface area contributed by atoms with Crippen LogP contribution in [0.5, 0.6) is 0 Å². The molecule has 3 amide bonds. The first-order valence-electron chi connectivity index (χ1n) is 11.4. The summed E-state index contributed by atoms with van der Waals surface area (Å²) in [4.78, 5) is 53.6. The number of non-ortho nitro benzene ring substituents is 1.